The van der Waals surface area contributed by atoms with E-state index in [4.69, 9.17) is 5.73 Å². The molecule has 0 amide bonds. The Kier molecular flexibility index (Phi) is 2.02. The summed E-state index contributed by atoms with van der Waals surface area (Å²) in [5.41, 5.74) is 6.62. The molecular formula is C10H8FNS. The molecule has 2 aromatic rings. The quantitative estimate of drug-likeness (QED) is 0.692. The molecule has 0 aliphatic heterocycles. The Bertz CT molecular complexity index is 409. The Hall–Kier alpha value is -1.35. The van der Waals surface area contributed by atoms with E-state index in [-0.39, 0.29) is 11.5 Å². The van der Waals surface area contributed by atoms with Crippen LogP contribution >= 0.6 is 11.3 Å². The molecule has 1 heterocycles. The highest BCUT2D eigenvalue weighted by Gasteiger charge is 2.01. The molecule has 3 heteroatoms. The number of thiophene rings is 1. The van der Waals surface area contributed by atoms with Crippen LogP contribution in [0.4, 0.5) is 10.1 Å². The number of rotatable bonds is 1. The smallest absolute Gasteiger partial charge is 0.146 e. The summed E-state index contributed by atoms with van der Waals surface area (Å²) in [7, 11) is 0. The minimum absolute atomic E-state index is 0.200. The van der Waals surface area contributed by atoms with E-state index in [1.165, 1.54) is 6.07 Å². The van der Waals surface area contributed by atoms with Crippen molar-refractivity contribution < 1.29 is 4.39 Å². The van der Waals surface area contributed by atoms with E-state index in [0.29, 0.717) is 0 Å². The summed E-state index contributed by atoms with van der Waals surface area (Å²) in [6, 6.07) is 8.72. The first-order valence-electron chi connectivity index (χ1n) is 3.86. The fraction of sp³-hybridized carbons (Fsp3) is 0. The van der Waals surface area contributed by atoms with E-state index in [9.17, 15) is 4.39 Å². The zero-order valence-electron chi connectivity index (χ0n) is 6.83. The largest absolute Gasteiger partial charge is 0.396 e. The minimum atomic E-state index is -0.361. The molecule has 1 aromatic carbocycles. The average Bonchev–Trinajstić information content (AvgIpc) is 2.62. The molecule has 1 aromatic heterocycles. The maximum atomic E-state index is 12.8. The van der Waals surface area contributed by atoms with Crippen LogP contribution < -0.4 is 5.73 Å². The number of hydrogen-bond acceptors (Lipinski definition) is 2. The van der Waals surface area contributed by atoms with Gasteiger partial charge >= 0.3 is 0 Å². The van der Waals surface area contributed by atoms with E-state index < -0.39 is 0 Å². The van der Waals surface area contributed by atoms with E-state index in [2.05, 4.69) is 0 Å². The number of nitrogens with two attached hydrogens (primary N) is 1. The highest BCUT2D eigenvalue weighted by atomic mass is 32.1. The third-order valence-electron chi connectivity index (χ3n) is 1.80. The van der Waals surface area contributed by atoms with Crippen LogP contribution in [0.3, 0.4) is 0 Å². The number of benzene rings is 1. The van der Waals surface area contributed by atoms with Crippen LogP contribution in [0.25, 0.3) is 10.4 Å². The summed E-state index contributed by atoms with van der Waals surface area (Å²) in [5.74, 6) is -0.361. The summed E-state index contributed by atoms with van der Waals surface area (Å²) in [6.45, 7) is 0. The predicted molar refractivity (Wildman–Crippen MR) is 54.1 cm³/mol. The molecule has 13 heavy (non-hydrogen) atoms. The molecule has 0 radical (unpaired) electrons. The number of hydrogen-bond donors (Lipinski definition) is 1. The van der Waals surface area contributed by atoms with Crippen molar-refractivity contribution in [2.45, 2.75) is 0 Å². The molecule has 66 valence electrons. The third-order valence-corrected chi connectivity index (χ3v) is 2.72. The van der Waals surface area contributed by atoms with Gasteiger partial charge in [0, 0.05) is 4.88 Å². The standard InChI is InChI=1S/C10H8FNS/c11-8-4-3-7(6-9(8)12)10-2-1-5-13-10/h1-6H,12H2. The number of anilines is 1. The van der Waals surface area contributed by atoms with Gasteiger partial charge in [-0.05, 0) is 29.1 Å². The highest BCUT2D eigenvalue weighted by Crippen LogP contribution is 2.26. The van der Waals surface area contributed by atoms with Gasteiger partial charge in [-0.1, -0.05) is 12.1 Å². The van der Waals surface area contributed by atoms with Crippen molar-refractivity contribution in [3.63, 3.8) is 0 Å². The van der Waals surface area contributed by atoms with Gasteiger partial charge < -0.3 is 5.73 Å². The fourth-order valence-corrected chi connectivity index (χ4v) is 1.86. The first-order valence-corrected chi connectivity index (χ1v) is 4.74. The summed E-state index contributed by atoms with van der Waals surface area (Å²) < 4.78 is 12.8. The molecule has 2 rings (SSSR count). The SMILES string of the molecule is Nc1cc(-c2cccs2)ccc1F. The van der Waals surface area contributed by atoms with Crippen molar-refractivity contribution >= 4 is 17.0 Å². The highest BCUT2D eigenvalue weighted by molar-refractivity contribution is 7.13. The maximum absolute atomic E-state index is 12.8. The van der Waals surface area contributed by atoms with Crippen LogP contribution in [0.2, 0.25) is 0 Å². The van der Waals surface area contributed by atoms with Gasteiger partial charge in [0.15, 0.2) is 0 Å². The van der Waals surface area contributed by atoms with Crippen molar-refractivity contribution in [3.05, 3.63) is 41.5 Å². The molecule has 0 saturated carbocycles. The molecule has 0 bridgehead atoms. The van der Waals surface area contributed by atoms with Crippen molar-refractivity contribution in [3.8, 4) is 10.4 Å². The Morgan fingerprint density at radius 1 is 1.23 bits per heavy atom. The molecule has 1 nitrogen and oxygen atoms in total. The second-order valence-corrected chi connectivity index (χ2v) is 3.66. The van der Waals surface area contributed by atoms with Crippen LogP contribution in [-0.2, 0) is 0 Å². The van der Waals surface area contributed by atoms with Crippen molar-refractivity contribution in [1.29, 1.82) is 0 Å². The molecule has 0 spiro atoms. The molecule has 2 N–H and O–H groups in total. The summed E-state index contributed by atoms with van der Waals surface area (Å²) in [5, 5.41) is 1.98. The summed E-state index contributed by atoms with van der Waals surface area (Å²) >= 11 is 1.61. The zero-order valence-corrected chi connectivity index (χ0v) is 7.64. The molecular weight excluding hydrogens is 185 g/mol. The van der Waals surface area contributed by atoms with Gasteiger partial charge in [-0.2, -0.15) is 0 Å². The van der Waals surface area contributed by atoms with Gasteiger partial charge in [0.2, 0.25) is 0 Å². The fourth-order valence-electron chi connectivity index (χ4n) is 1.14. The first kappa shape index (κ1) is 8.26. The van der Waals surface area contributed by atoms with Gasteiger partial charge in [-0.25, -0.2) is 4.39 Å². The third kappa shape index (κ3) is 1.55. The molecule has 0 aliphatic rings. The van der Waals surface area contributed by atoms with Crippen molar-refractivity contribution in [2.24, 2.45) is 0 Å². The topological polar surface area (TPSA) is 26.0 Å². The van der Waals surface area contributed by atoms with Crippen LogP contribution in [0, 0.1) is 5.82 Å². The van der Waals surface area contributed by atoms with Gasteiger partial charge in [0.1, 0.15) is 5.82 Å². The van der Waals surface area contributed by atoms with Crippen LogP contribution in [-0.4, -0.2) is 0 Å². The first-order chi connectivity index (χ1) is 6.27. The van der Waals surface area contributed by atoms with E-state index in [1.54, 1.807) is 23.5 Å². The lowest BCUT2D eigenvalue weighted by atomic mass is 10.1. The summed E-state index contributed by atoms with van der Waals surface area (Å²) in [6.07, 6.45) is 0. The van der Waals surface area contributed by atoms with E-state index >= 15 is 0 Å². The monoisotopic (exact) mass is 193 g/mol. The van der Waals surface area contributed by atoms with Crippen molar-refractivity contribution in [1.82, 2.24) is 0 Å². The number of halogens is 1. The molecule has 0 unspecified atom stereocenters. The lowest BCUT2D eigenvalue weighted by Gasteiger charge is -1.99. The minimum Gasteiger partial charge on any atom is -0.396 e. The Morgan fingerprint density at radius 2 is 2.08 bits per heavy atom. The van der Waals surface area contributed by atoms with E-state index in [1.807, 2.05) is 17.5 Å². The van der Waals surface area contributed by atoms with Crippen molar-refractivity contribution in [2.75, 3.05) is 5.73 Å². The Labute approximate surface area is 79.6 Å². The van der Waals surface area contributed by atoms with Gasteiger partial charge in [-0.3, -0.25) is 0 Å². The van der Waals surface area contributed by atoms with Gasteiger partial charge in [0.25, 0.3) is 0 Å². The lowest BCUT2D eigenvalue weighted by Crippen LogP contribution is -1.89. The second-order valence-electron chi connectivity index (χ2n) is 2.71. The predicted octanol–water partition coefficient (Wildman–Crippen LogP) is 3.14. The average molecular weight is 193 g/mol. The second kappa shape index (κ2) is 3.18. The van der Waals surface area contributed by atoms with Crippen LogP contribution in [0.1, 0.15) is 0 Å². The van der Waals surface area contributed by atoms with Gasteiger partial charge in [-0.15, -0.1) is 11.3 Å². The lowest BCUT2D eigenvalue weighted by molar-refractivity contribution is 0.633. The molecule has 0 fully saturated rings. The molecule has 0 atom stereocenters. The summed E-state index contributed by atoms with van der Waals surface area (Å²) in [4.78, 5) is 1.10. The van der Waals surface area contributed by atoms with Crippen LogP contribution in [0.5, 0.6) is 0 Å². The molecule has 0 saturated heterocycles. The normalized spacial score (nSPS) is 10.2. The Balaban J connectivity index is 2.49. The van der Waals surface area contributed by atoms with E-state index in [0.717, 1.165) is 10.4 Å². The van der Waals surface area contributed by atoms with Gasteiger partial charge in [0.05, 0.1) is 5.69 Å². The maximum Gasteiger partial charge on any atom is 0.146 e. The molecule has 0 aliphatic carbocycles. The van der Waals surface area contributed by atoms with Crippen LogP contribution in [0.15, 0.2) is 35.7 Å². The zero-order chi connectivity index (χ0) is 9.26. The Morgan fingerprint density at radius 3 is 2.69 bits per heavy atom. The number of nitrogen functional groups attached to an aromatic ring is 1.